The number of rotatable bonds is 44. The minimum Gasteiger partial charge on any atom is -0.508 e. The number of aliphatic hydroxyl groups is 1. The number of nitrogens with one attached hydrogen (secondary N) is 13. The van der Waals surface area contributed by atoms with E-state index in [-0.39, 0.29) is 114 Å². The van der Waals surface area contributed by atoms with Gasteiger partial charge in [-0.05, 0) is 162 Å². The summed E-state index contributed by atoms with van der Waals surface area (Å²) in [6.45, 7) is 16.3. The standard InChI is InChI=1S/C80H113ClN18O13.Ca/c1-9-84-79(85-10-2)88-39-17-15-27-60(70(104)94-62(42-49(5)6)71(105)93-61(28-16-18-40-89-80(86-11-3)87-12-4)78(112)99-41-21-29-68(99)77(111)90-50(7)69(82)103)92-72(106)63(44-53-32-36-58(102)37-33-53)97-76(110)67(48-100)98-74(108)65(45-54-22-20-38-83-47-54)96-73(107)64(43-52-30-34-57(81)35-31-52)95-75(109)66(91-51(8)101)46-56-25-19-24-55-23-13-14-26-59(55)56;/h13-14,19-20,22-26,30-38,47,49-50,60-68,100,102H,9-12,15-18,21,27-29,39-46,48H2,1-8H3,(H2,82,103)(H,90,111)(H,91,101)(H,92,106)(H,93,105)(H,94,104)(H,95,109)(H,96,107)(H,97,110)(H,98,108)(H2,84,85,88)(H2,86,87,89);/q;+2/t50-,60-,61+,62+,63+,64-,65-,66-,67+,68+;/m1./s1. The van der Waals surface area contributed by atoms with Gasteiger partial charge in [-0.1, -0.05) is 98.2 Å². The van der Waals surface area contributed by atoms with Crippen LogP contribution in [0.25, 0.3) is 10.8 Å². The molecule has 0 spiro atoms. The van der Waals surface area contributed by atoms with Gasteiger partial charge in [0.15, 0.2) is 11.9 Å². The predicted molar refractivity (Wildman–Crippen MR) is 435 cm³/mol. The minimum absolute atomic E-state index is 0. The van der Waals surface area contributed by atoms with Gasteiger partial charge in [0.25, 0.3) is 0 Å². The average molecular weight is 1610 g/mol. The SMILES string of the molecule is CCNC(=NCCCC[C@H](NC(=O)[C@H](CC(C)C)NC(=O)[C@@H](CCCCN=C(NCC)NCC)NC(=O)[C@H](Cc1ccc(O)cc1)NC(=O)[C@H](CO)NC(=O)[C@@H](Cc1cccnc1)NC(=O)[C@@H](Cc1ccc(Cl)cc1)NC(=O)[C@@H](Cc1cccc2ccccc12)NC(C)=O)C(=O)N1CCC[C@H]1C(=O)N[C@H](C)C(N)=O)NCC.[Ca+2]. The number of carbonyl (C=O) groups is 11. The molecular weight excluding hydrogens is 1500 g/mol. The zero-order valence-corrected chi connectivity index (χ0v) is 69.0. The van der Waals surface area contributed by atoms with Gasteiger partial charge < -0.3 is 90.0 Å². The first kappa shape index (κ1) is 93.9. The number of phenolic OH excluding ortho intramolecular Hbond substituents is 1. The fraction of sp³-hybridized carbons (Fsp3) is 0.500. The number of nitrogens with zero attached hydrogens (tertiary/aromatic N) is 4. The Morgan fingerprint density at radius 3 is 1.50 bits per heavy atom. The topological polar surface area (TPSA) is 451 Å². The Morgan fingerprint density at radius 1 is 0.531 bits per heavy atom. The van der Waals surface area contributed by atoms with Gasteiger partial charge in [0, 0.05) is 95.8 Å². The van der Waals surface area contributed by atoms with E-state index in [4.69, 9.17) is 17.3 Å². The van der Waals surface area contributed by atoms with E-state index in [1.807, 2.05) is 84.0 Å². The number of unbranched alkanes of at least 4 members (excludes halogenated alkanes) is 2. The maximum atomic E-state index is 15.2. The molecule has 4 aromatic carbocycles. The van der Waals surface area contributed by atoms with E-state index in [1.54, 1.807) is 36.4 Å². The third-order valence-corrected chi connectivity index (χ3v) is 18.8. The van der Waals surface area contributed by atoms with Crippen molar-refractivity contribution in [2.24, 2.45) is 21.6 Å². The molecule has 1 aliphatic heterocycles. The Balaban J connectivity index is 0.0000228. The van der Waals surface area contributed by atoms with E-state index >= 15 is 9.59 Å². The molecule has 1 aliphatic rings. The molecule has 1 aromatic heterocycles. The molecule has 0 saturated carbocycles. The van der Waals surface area contributed by atoms with Gasteiger partial charge in [0.05, 0.1) is 6.61 Å². The molecule has 0 aliphatic carbocycles. The van der Waals surface area contributed by atoms with E-state index in [1.165, 1.54) is 55.4 Å². The molecule has 5 aromatic rings. The normalized spacial score (nSPS) is 14.7. The first-order valence-electron chi connectivity index (χ1n) is 38.6. The molecule has 0 radical (unpaired) electrons. The summed E-state index contributed by atoms with van der Waals surface area (Å²) in [4.78, 5) is 173. The van der Waals surface area contributed by atoms with Crippen LogP contribution in [0.1, 0.15) is 135 Å². The first-order chi connectivity index (χ1) is 53.7. The van der Waals surface area contributed by atoms with Crippen LogP contribution in [-0.4, -0.2) is 248 Å². The van der Waals surface area contributed by atoms with Crippen LogP contribution in [0.4, 0.5) is 0 Å². The Labute approximate surface area is 696 Å². The van der Waals surface area contributed by atoms with Gasteiger partial charge >= 0.3 is 37.7 Å². The van der Waals surface area contributed by atoms with Crippen molar-refractivity contribution >= 4 is 137 Å². The third kappa shape index (κ3) is 32.0. The van der Waals surface area contributed by atoms with E-state index in [0.29, 0.717) is 98.6 Å². The van der Waals surface area contributed by atoms with Crippen molar-refractivity contribution in [3.05, 3.63) is 143 Å². The Kier molecular flexibility index (Phi) is 41.3. The van der Waals surface area contributed by atoms with Crippen LogP contribution in [0.15, 0.2) is 126 Å². The molecule has 10 atom stereocenters. The minimum atomic E-state index is -1.82. The number of aliphatic hydroxyl groups excluding tert-OH is 1. The summed E-state index contributed by atoms with van der Waals surface area (Å²) in [7, 11) is 0. The summed E-state index contributed by atoms with van der Waals surface area (Å²) in [5, 5.41) is 60.9. The summed E-state index contributed by atoms with van der Waals surface area (Å²) in [6.07, 6.45) is 4.76. The molecular formula is C80H113CaClN18O13+2. The number of pyridine rings is 1. The quantitative estimate of drug-likeness (QED) is 0.0115. The van der Waals surface area contributed by atoms with E-state index < -0.39 is 132 Å². The molecule has 6 rings (SSSR count). The number of phenols is 1. The fourth-order valence-electron chi connectivity index (χ4n) is 12.8. The fourth-order valence-corrected chi connectivity index (χ4v) is 12.9. The van der Waals surface area contributed by atoms with Gasteiger partial charge in [-0.3, -0.25) is 67.7 Å². The molecule has 31 nitrogen and oxygen atoms in total. The molecule has 113 heavy (non-hydrogen) atoms. The summed E-state index contributed by atoms with van der Waals surface area (Å²) < 4.78 is 0. The Hall–Kier alpha value is -9.69. The second-order valence-corrected chi connectivity index (χ2v) is 28.4. The van der Waals surface area contributed by atoms with Gasteiger partial charge in [-0.2, -0.15) is 0 Å². The van der Waals surface area contributed by atoms with E-state index in [0.717, 1.165) is 16.3 Å². The Bertz CT molecular complexity index is 3970. The summed E-state index contributed by atoms with van der Waals surface area (Å²) in [5.41, 5.74) is 7.64. The second-order valence-electron chi connectivity index (χ2n) is 28.0. The van der Waals surface area contributed by atoms with Crippen molar-refractivity contribution in [3.8, 4) is 5.75 Å². The second kappa shape index (κ2) is 49.7. The summed E-state index contributed by atoms with van der Waals surface area (Å²) in [5.74, 6) is -7.73. The number of hydrogen-bond donors (Lipinski definition) is 16. The van der Waals surface area contributed by atoms with Crippen molar-refractivity contribution in [2.45, 2.75) is 199 Å². The van der Waals surface area contributed by atoms with Crippen LogP contribution < -0.4 is 74.9 Å². The van der Waals surface area contributed by atoms with Crippen molar-refractivity contribution < 1.29 is 63.0 Å². The number of guanidine groups is 2. The number of aromatic nitrogens is 1. The number of amides is 11. The number of benzene rings is 4. The molecule has 1 saturated heterocycles. The number of halogens is 1. The number of nitrogens with two attached hydrogens (primary N) is 1. The summed E-state index contributed by atoms with van der Waals surface area (Å²) >= 11 is 6.27. The molecule has 33 heteroatoms. The van der Waals surface area contributed by atoms with Crippen molar-refractivity contribution in [2.75, 3.05) is 52.4 Å². The first-order valence-corrected chi connectivity index (χ1v) is 38.9. The van der Waals surface area contributed by atoms with Crippen LogP contribution in [0, 0.1) is 5.92 Å². The van der Waals surface area contributed by atoms with Crippen LogP contribution >= 0.6 is 11.6 Å². The van der Waals surface area contributed by atoms with Crippen molar-refractivity contribution in [3.63, 3.8) is 0 Å². The number of likely N-dealkylation sites (tertiary alicyclic amines) is 1. The Morgan fingerprint density at radius 2 is 0.991 bits per heavy atom. The number of carbonyl (C=O) groups excluding carboxylic acids is 11. The molecule has 11 amide bonds. The molecule has 2 heterocycles. The number of aromatic hydroxyl groups is 1. The molecule has 0 bridgehead atoms. The summed E-state index contributed by atoms with van der Waals surface area (Å²) in [6, 6.07) is 15.1. The number of aliphatic imine (C=N–C) groups is 2. The molecule has 608 valence electrons. The predicted octanol–water partition coefficient (Wildman–Crippen LogP) is 1.89. The monoisotopic (exact) mass is 1610 g/mol. The van der Waals surface area contributed by atoms with Gasteiger partial charge in [0.1, 0.15) is 66.2 Å². The molecule has 17 N–H and O–H groups in total. The number of primary amides is 1. The van der Waals surface area contributed by atoms with Crippen molar-refractivity contribution in [1.82, 2.24) is 79.0 Å². The molecule has 0 unspecified atom stereocenters. The van der Waals surface area contributed by atoms with Gasteiger partial charge in [-0.15, -0.1) is 0 Å². The van der Waals surface area contributed by atoms with Crippen LogP contribution in [0.2, 0.25) is 5.02 Å². The zero-order valence-electron chi connectivity index (χ0n) is 66.0. The number of fused-ring (bicyclic) bond motifs is 1. The average Bonchev–Trinajstić information content (AvgIpc) is 1.23. The van der Waals surface area contributed by atoms with E-state index in [2.05, 4.69) is 84.1 Å². The van der Waals surface area contributed by atoms with Crippen molar-refractivity contribution in [1.29, 1.82) is 0 Å². The largest absolute Gasteiger partial charge is 2.00 e. The zero-order chi connectivity index (χ0) is 81.7. The van der Waals surface area contributed by atoms with Gasteiger partial charge in [-0.25, -0.2) is 0 Å². The maximum absolute atomic E-state index is 15.2. The van der Waals surface area contributed by atoms with E-state index in [9.17, 15) is 53.4 Å². The molecule has 1 fully saturated rings. The third-order valence-electron chi connectivity index (χ3n) is 18.5. The van der Waals surface area contributed by atoms with Crippen LogP contribution in [0.5, 0.6) is 5.75 Å². The smallest absolute Gasteiger partial charge is 0.508 e. The number of hydrogen-bond acceptors (Lipinski definition) is 16. The van der Waals surface area contributed by atoms with Crippen LogP contribution in [0.3, 0.4) is 0 Å². The van der Waals surface area contributed by atoms with Crippen LogP contribution in [-0.2, 0) is 78.4 Å². The van der Waals surface area contributed by atoms with Gasteiger partial charge in [0.2, 0.25) is 65.0 Å². The maximum Gasteiger partial charge on any atom is 2.00 e.